The highest BCUT2D eigenvalue weighted by Gasteiger charge is 1.85. The van der Waals surface area contributed by atoms with E-state index in [0.29, 0.717) is 0 Å². The van der Waals surface area contributed by atoms with Gasteiger partial charge in [0.1, 0.15) is 0 Å². The van der Waals surface area contributed by atoms with Gasteiger partial charge in [-0.1, -0.05) is 0 Å². The fraction of sp³-hybridized carbons (Fsp3) is 0. The van der Waals surface area contributed by atoms with Gasteiger partial charge in [0.2, 0.25) is 5.97 Å². The molecule has 0 unspecified atom stereocenters. The Hall–Kier alpha value is -0.930. The maximum Gasteiger partial charge on any atom is 0.210 e. The first kappa shape index (κ1) is 6.07. The molecule has 0 heterocycles. The van der Waals surface area contributed by atoms with Crippen molar-refractivity contribution in [1.82, 2.24) is 0 Å². The Bertz CT molecular complexity index is 104. The standard InChI is InChI=1S/C3H4F2N2/c4-2(6)1-3(5)7/h1,6H,7H2/b3-1-,6-2?. The summed E-state index contributed by atoms with van der Waals surface area (Å²) in [6.07, 6.45) is 0.278. The molecule has 0 aromatic carbocycles. The first-order valence-electron chi connectivity index (χ1n) is 1.49. The number of hydrogen-bond acceptors (Lipinski definition) is 2. The lowest BCUT2D eigenvalue weighted by atomic mass is 10.6. The first-order chi connectivity index (χ1) is 3.13. The molecule has 0 fully saturated rings. The van der Waals surface area contributed by atoms with Crippen LogP contribution in [-0.2, 0) is 0 Å². The van der Waals surface area contributed by atoms with Gasteiger partial charge in [0.05, 0.1) is 0 Å². The highest BCUT2D eigenvalue weighted by Crippen LogP contribution is 1.84. The van der Waals surface area contributed by atoms with Gasteiger partial charge in [-0.05, 0) is 0 Å². The van der Waals surface area contributed by atoms with Crippen molar-refractivity contribution in [3.8, 4) is 0 Å². The highest BCUT2D eigenvalue weighted by atomic mass is 19.1. The lowest BCUT2D eigenvalue weighted by Crippen LogP contribution is -1.90. The van der Waals surface area contributed by atoms with Crippen LogP contribution in [0.1, 0.15) is 0 Å². The van der Waals surface area contributed by atoms with Crippen molar-refractivity contribution in [2.45, 2.75) is 0 Å². The Balaban J connectivity index is 3.68. The van der Waals surface area contributed by atoms with E-state index in [1.165, 1.54) is 0 Å². The molecule has 0 radical (unpaired) electrons. The van der Waals surface area contributed by atoms with Gasteiger partial charge in [0, 0.05) is 6.08 Å². The molecule has 0 rings (SSSR count). The molecule has 0 aliphatic carbocycles. The molecule has 0 aromatic rings. The van der Waals surface area contributed by atoms with Crippen LogP contribution in [-0.4, -0.2) is 5.97 Å². The highest BCUT2D eigenvalue weighted by molar-refractivity contribution is 5.83. The van der Waals surface area contributed by atoms with Crippen molar-refractivity contribution in [2.75, 3.05) is 0 Å². The Morgan fingerprint density at radius 1 is 1.57 bits per heavy atom. The van der Waals surface area contributed by atoms with Crippen LogP contribution in [0.3, 0.4) is 0 Å². The summed E-state index contributed by atoms with van der Waals surface area (Å²) >= 11 is 0. The van der Waals surface area contributed by atoms with Gasteiger partial charge in [-0.25, -0.2) is 0 Å². The van der Waals surface area contributed by atoms with Gasteiger partial charge in [-0.15, -0.1) is 0 Å². The zero-order valence-corrected chi connectivity index (χ0v) is 3.41. The van der Waals surface area contributed by atoms with Crippen LogP contribution in [0, 0.1) is 5.41 Å². The molecule has 0 amide bonds. The molecule has 3 N–H and O–H groups in total. The SMILES string of the molecule is N=C(F)/C=C(\N)F. The van der Waals surface area contributed by atoms with Gasteiger partial charge in [0.15, 0.2) is 5.95 Å². The third-order valence-corrected chi connectivity index (χ3v) is 0.265. The van der Waals surface area contributed by atoms with Crippen molar-refractivity contribution in [3.05, 3.63) is 12.0 Å². The van der Waals surface area contributed by atoms with Gasteiger partial charge in [-0.3, -0.25) is 5.41 Å². The molecule has 0 spiro atoms. The molecular weight excluding hydrogens is 102 g/mol. The van der Waals surface area contributed by atoms with Crippen LogP contribution in [0.5, 0.6) is 0 Å². The Kier molecular flexibility index (Phi) is 1.98. The Labute approximate surface area is 39.1 Å². The molecule has 7 heavy (non-hydrogen) atoms. The Morgan fingerprint density at radius 3 is 2.00 bits per heavy atom. The second-order valence-electron chi connectivity index (χ2n) is 0.877. The lowest BCUT2D eigenvalue weighted by Gasteiger charge is -1.77. The predicted molar refractivity (Wildman–Crippen MR) is 22.2 cm³/mol. The molecule has 4 heteroatoms. The summed E-state index contributed by atoms with van der Waals surface area (Å²) in [5.74, 6) is -2.56. The number of nitrogens with one attached hydrogen (secondary N) is 1. The van der Waals surface area contributed by atoms with Crippen molar-refractivity contribution >= 4 is 5.97 Å². The number of halogens is 2. The average Bonchev–Trinajstić information content (AvgIpc) is 1.27. The van der Waals surface area contributed by atoms with E-state index in [2.05, 4.69) is 5.73 Å². The monoisotopic (exact) mass is 106 g/mol. The predicted octanol–water partition coefficient (Wildman–Crippen LogP) is 0.703. The molecule has 2 nitrogen and oxygen atoms in total. The van der Waals surface area contributed by atoms with Crippen LogP contribution < -0.4 is 5.73 Å². The topological polar surface area (TPSA) is 49.9 Å². The van der Waals surface area contributed by atoms with Crippen molar-refractivity contribution in [3.63, 3.8) is 0 Å². The van der Waals surface area contributed by atoms with E-state index >= 15 is 0 Å². The minimum absolute atomic E-state index is 0.278. The summed E-state index contributed by atoms with van der Waals surface area (Å²) in [5, 5.41) is 5.96. The molecule has 0 aliphatic heterocycles. The van der Waals surface area contributed by atoms with E-state index in [4.69, 9.17) is 5.41 Å². The average molecular weight is 106 g/mol. The van der Waals surface area contributed by atoms with Gasteiger partial charge < -0.3 is 5.73 Å². The van der Waals surface area contributed by atoms with E-state index in [9.17, 15) is 8.78 Å². The van der Waals surface area contributed by atoms with Crippen LogP contribution in [0.15, 0.2) is 12.0 Å². The number of rotatable bonds is 1. The minimum Gasteiger partial charge on any atom is -0.375 e. The summed E-state index contributed by atoms with van der Waals surface area (Å²) in [6, 6.07) is 0. The fourth-order valence-corrected chi connectivity index (χ4v) is 0.121. The quantitative estimate of drug-likeness (QED) is 0.375. The number of nitrogens with two attached hydrogens (primary N) is 1. The minimum atomic E-state index is -1.38. The molecule has 0 saturated heterocycles. The Morgan fingerprint density at radius 2 is 2.00 bits per heavy atom. The summed E-state index contributed by atoms with van der Waals surface area (Å²) in [5.41, 5.74) is 4.31. The summed E-state index contributed by atoms with van der Waals surface area (Å²) < 4.78 is 22.3. The summed E-state index contributed by atoms with van der Waals surface area (Å²) in [4.78, 5) is 0. The van der Waals surface area contributed by atoms with Crippen LogP contribution in [0.4, 0.5) is 8.78 Å². The van der Waals surface area contributed by atoms with Crippen LogP contribution in [0.25, 0.3) is 0 Å². The van der Waals surface area contributed by atoms with E-state index in [0.717, 1.165) is 0 Å². The molecule has 0 saturated carbocycles. The van der Waals surface area contributed by atoms with Crippen LogP contribution >= 0.6 is 0 Å². The normalized spacial score (nSPS) is 11.4. The molecule has 0 atom stereocenters. The third-order valence-electron chi connectivity index (χ3n) is 0.265. The van der Waals surface area contributed by atoms with E-state index in [1.807, 2.05) is 0 Å². The first-order valence-corrected chi connectivity index (χ1v) is 1.49. The van der Waals surface area contributed by atoms with E-state index < -0.39 is 11.9 Å². The van der Waals surface area contributed by atoms with E-state index in [1.54, 1.807) is 0 Å². The van der Waals surface area contributed by atoms with Crippen molar-refractivity contribution < 1.29 is 8.78 Å². The lowest BCUT2D eigenvalue weighted by molar-refractivity contribution is 0.625. The maximum absolute atomic E-state index is 11.2. The van der Waals surface area contributed by atoms with Crippen molar-refractivity contribution in [2.24, 2.45) is 5.73 Å². The zero-order chi connectivity index (χ0) is 5.86. The zero-order valence-electron chi connectivity index (χ0n) is 3.41. The number of hydrogen-bond donors (Lipinski definition) is 2. The van der Waals surface area contributed by atoms with Gasteiger partial charge in [-0.2, -0.15) is 8.78 Å². The van der Waals surface area contributed by atoms with Gasteiger partial charge >= 0.3 is 0 Å². The molecule has 0 bridgehead atoms. The fourth-order valence-electron chi connectivity index (χ4n) is 0.121. The molecular formula is C3H4F2N2. The van der Waals surface area contributed by atoms with E-state index in [-0.39, 0.29) is 6.08 Å². The smallest absolute Gasteiger partial charge is 0.210 e. The third kappa shape index (κ3) is 5.07. The molecule has 0 aromatic heterocycles. The van der Waals surface area contributed by atoms with Gasteiger partial charge in [0.25, 0.3) is 0 Å². The largest absolute Gasteiger partial charge is 0.375 e. The second-order valence-corrected chi connectivity index (χ2v) is 0.877. The molecule has 0 aliphatic rings. The number of allylic oxidation sites excluding steroid dienone is 1. The van der Waals surface area contributed by atoms with Crippen molar-refractivity contribution in [1.29, 1.82) is 5.41 Å². The van der Waals surface area contributed by atoms with Crippen LogP contribution in [0.2, 0.25) is 0 Å². The summed E-state index contributed by atoms with van der Waals surface area (Å²) in [6.45, 7) is 0. The summed E-state index contributed by atoms with van der Waals surface area (Å²) in [7, 11) is 0. The molecule has 40 valence electrons. The maximum atomic E-state index is 11.2. The second kappa shape index (κ2) is 2.28.